The molecule has 0 unspecified atom stereocenters. The number of carbonyl (C=O) groups excluding carboxylic acids is 1. The van der Waals surface area contributed by atoms with Crippen LogP contribution in [0.15, 0.2) is 51.5 Å². The summed E-state index contributed by atoms with van der Waals surface area (Å²) in [6, 6.07) is 12.4. The first-order valence-electron chi connectivity index (χ1n) is 7.97. The largest absolute Gasteiger partial charge is 0.465 e. The molecule has 0 atom stereocenters. The molecule has 3 aromatic rings. The van der Waals surface area contributed by atoms with Gasteiger partial charge >= 0.3 is 5.97 Å². The summed E-state index contributed by atoms with van der Waals surface area (Å²) in [5.74, 6) is 0.335. The first-order valence-corrected chi connectivity index (χ1v) is 9.55. The molecular formula is C18H14BrClN4O3S. The smallest absolute Gasteiger partial charge is 0.339 e. The standard InChI is InChI=1S/C18H14BrClN4O3S/c1-26-17(25)13-8-12(5-6-14(13)20)22-18(28)21-9-15-23-16(24-27-15)10-3-2-4-11(19)7-10/h2-8H,9H2,1H3,(H2,21,22,28). The van der Waals surface area contributed by atoms with Crippen LogP contribution in [0.25, 0.3) is 11.4 Å². The Balaban J connectivity index is 1.60. The molecule has 10 heteroatoms. The van der Waals surface area contributed by atoms with Gasteiger partial charge in [-0.1, -0.05) is 44.8 Å². The van der Waals surface area contributed by atoms with Crippen molar-refractivity contribution in [3.05, 3.63) is 63.4 Å². The van der Waals surface area contributed by atoms with E-state index in [4.69, 9.17) is 33.1 Å². The molecule has 0 saturated carbocycles. The van der Waals surface area contributed by atoms with Gasteiger partial charge in [-0.15, -0.1) is 0 Å². The first-order chi connectivity index (χ1) is 13.5. The summed E-state index contributed by atoms with van der Waals surface area (Å²) < 4.78 is 10.9. The van der Waals surface area contributed by atoms with E-state index in [0.717, 1.165) is 10.0 Å². The highest BCUT2D eigenvalue weighted by atomic mass is 79.9. The molecule has 0 spiro atoms. The maximum absolute atomic E-state index is 11.7. The lowest BCUT2D eigenvalue weighted by atomic mass is 10.2. The molecule has 1 aromatic heterocycles. The number of anilines is 1. The average molecular weight is 482 g/mol. The van der Waals surface area contributed by atoms with Crippen molar-refractivity contribution in [3.8, 4) is 11.4 Å². The molecule has 0 amide bonds. The summed E-state index contributed by atoms with van der Waals surface area (Å²) in [5.41, 5.74) is 1.66. The lowest BCUT2D eigenvalue weighted by Gasteiger charge is -2.10. The van der Waals surface area contributed by atoms with Crippen LogP contribution in [0.1, 0.15) is 16.2 Å². The molecule has 2 aromatic carbocycles. The van der Waals surface area contributed by atoms with Crippen LogP contribution in [0.4, 0.5) is 5.69 Å². The van der Waals surface area contributed by atoms with Crippen molar-refractivity contribution < 1.29 is 14.1 Å². The van der Waals surface area contributed by atoms with Gasteiger partial charge in [0.05, 0.1) is 24.2 Å². The van der Waals surface area contributed by atoms with Gasteiger partial charge in [0.25, 0.3) is 0 Å². The fourth-order valence-corrected chi connectivity index (χ4v) is 3.06. The van der Waals surface area contributed by atoms with Crippen molar-refractivity contribution in [2.75, 3.05) is 12.4 Å². The molecule has 0 aliphatic heterocycles. The van der Waals surface area contributed by atoms with Crippen LogP contribution in [0.2, 0.25) is 5.02 Å². The maximum atomic E-state index is 11.7. The van der Waals surface area contributed by atoms with Crippen LogP contribution < -0.4 is 10.6 Å². The number of aromatic nitrogens is 2. The van der Waals surface area contributed by atoms with E-state index < -0.39 is 5.97 Å². The molecular weight excluding hydrogens is 468 g/mol. The van der Waals surface area contributed by atoms with Crippen molar-refractivity contribution in [2.24, 2.45) is 0 Å². The molecule has 3 rings (SSSR count). The Bertz CT molecular complexity index is 1030. The van der Waals surface area contributed by atoms with Crippen molar-refractivity contribution in [1.82, 2.24) is 15.5 Å². The molecule has 28 heavy (non-hydrogen) atoms. The zero-order chi connectivity index (χ0) is 20.1. The Kier molecular flexibility index (Phi) is 6.61. The Morgan fingerprint density at radius 1 is 1.32 bits per heavy atom. The highest BCUT2D eigenvalue weighted by molar-refractivity contribution is 9.10. The number of esters is 1. The fraction of sp³-hybridized carbons (Fsp3) is 0.111. The van der Waals surface area contributed by atoms with Gasteiger partial charge in [0.2, 0.25) is 11.7 Å². The average Bonchev–Trinajstić information content (AvgIpc) is 3.16. The van der Waals surface area contributed by atoms with Gasteiger partial charge in [-0.25, -0.2) is 4.79 Å². The summed E-state index contributed by atoms with van der Waals surface area (Å²) in [7, 11) is 1.29. The van der Waals surface area contributed by atoms with Crippen LogP contribution >= 0.6 is 39.7 Å². The van der Waals surface area contributed by atoms with Gasteiger partial charge in [0.15, 0.2) is 5.11 Å². The van der Waals surface area contributed by atoms with E-state index in [0.29, 0.717) is 27.5 Å². The van der Waals surface area contributed by atoms with E-state index in [1.165, 1.54) is 7.11 Å². The molecule has 7 nitrogen and oxygen atoms in total. The SMILES string of the molecule is COC(=O)c1cc(NC(=S)NCc2nc(-c3cccc(Br)c3)no2)ccc1Cl. The predicted octanol–water partition coefficient (Wildman–Crippen LogP) is 4.43. The van der Waals surface area contributed by atoms with E-state index in [9.17, 15) is 4.79 Å². The number of ether oxygens (including phenoxy) is 1. The van der Waals surface area contributed by atoms with Gasteiger partial charge in [-0.3, -0.25) is 0 Å². The van der Waals surface area contributed by atoms with Gasteiger partial charge in [-0.2, -0.15) is 4.98 Å². The zero-order valence-electron chi connectivity index (χ0n) is 14.5. The number of hydrogen-bond donors (Lipinski definition) is 2. The zero-order valence-corrected chi connectivity index (χ0v) is 17.7. The number of nitrogens with zero attached hydrogens (tertiary/aromatic N) is 2. The lowest BCUT2D eigenvalue weighted by molar-refractivity contribution is 0.0601. The van der Waals surface area contributed by atoms with Crippen molar-refractivity contribution in [1.29, 1.82) is 0 Å². The highest BCUT2D eigenvalue weighted by Gasteiger charge is 2.13. The molecule has 0 saturated heterocycles. The normalized spacial score (nSPS) is 10.4. The van der Waals surface area contributed by atoms with Gasteiger partial charge in [0, 0.05) is 15.7 Å². The molecule has 0 radical (unpaired) electrons. The van der Waals surface area contributed by atoms with Gasteiger partial charge in [0.1, 0.15) is 0 Å². The number of carbonyl (C=O) groups is 1. The third-order valence-electron chi connectivity index (χ3n) is 3.58. The number of methoxy groups -OCH3 is 1. The molecule has 0 bridgehead atoms. The van der Waals surface area contributed by atoms with E-state index in [1.807, 2.05) is 24.3 Å². The van der Waals surface area contributed by atoms with Crippen LogP contribution in [0.5, 0.6) is 0 Å². The van der Waals surface area contributed by atoms with Crippen molar-refractivity contribution in [3.63, 3.8) is 0 Å². The minimum Gasteiger partial charge on any atom is -0.465 e. The summed E-state index contributed by atoms with van der Waals surface area (Å²) in [6.45, 7) is 0.240. The van der Waals surface area contributed by atoms with E-state index in [-0.39, 0.29) is 12.1 Å². The lowest BCUT2D eigenvalue weighted by Crippen LogP contribution is -2.28. The number of hydrogen-bond acceptors (Lipinski definition) is 6. The van der Waals surface area contributed by atoms with E-state index >= 15 is 0 Å². The topological polar surface area (TPSA) is 89.3 Å². The second-order valence-electron chi connectivity index (χ2n) is 5.52. The Morgan fingerprint density at radius 3 is 2.89 bits per heavy atom. The van der Waals surface area contributed by atoms with E-state index in [2.05, 4.69) is 36.7 Å². The first kappa shape index (κ1) is 20.2. The molecule has 0 fully saturated rings. The summed E-state index contributed by atoms with van der Waals surface area (Å²) in [4.78, 5) is 16.0. The highest BCUT2D eigenvalue weighted by Crippen LogP contribution is 2.22. The Hall–Kier alpha value is -2.49. The van der Waals surface area contributed by atoms with Gasteiger partial charge < -0.3 is 19.9 Å². The second-order valence-corrected chi connectivity index (χ2v) is 7.25. The monoisotopic (exact) mass is 480 g/mol. The quantitative estimate of drug-likeness (QED) is 0.409. The number of halogens is 2. The summed E-state index contributed by atoms with van der Waals surface area (Å²) in [5, 5.41) is 10.5. The summed E-state index contributed by atoms with van der Waals surface area (Å²) >= 11 is 14.7. The predicted molar refractivity (Wildman–Crippen MR) is 113 cm³/mol. The van der Waals surface area contributed by atoms with Crippen LogP contribution in [-0.4, -0.2) is 28.3 Å². The van der Waals surface area contributed by atoms with Crippen molar-refractivity contribution in [2.45, 2.75) is 6.54 Å². The molecule has 0 aliphatic carbocycles. The van der Waals surface area contributed by atoms with Crippen molar-refractivity contribution >= 4 is 56.5 Å². The number of benzene rings is 2. The fourth-order valence-electron chi connectivity index (χ4n) is 2.27. The van der Waals surface area contributed by atoms with Crippen LogP contribution in [-0.2, 0) is 11.3 Å². The second kappa shape index (κ2) is 9.13. The van der Waals surface area contributed by atoms with E-state index in [1.54, 1.807) is 18.2 Å². The minimum absolute atomic E-state index is 0.240. The maximum Gasteiger partial charge on any atom is 0.339 e. The number of rotatable bonds is 5. The Morgan fingerprint density at radius 2 is 2.14 bits per heavy atom. The molecule has 2 N–H and O–H groups in total. The van der Waals surface area contributed by atoms with Crippen LogP contribution in [0, 0.1) is 0 Å². The number of nitrogens with one attached hydrogen (secondary N) is 2. The molecule has 1 heterocycles. The molecule has 144 valence electrons. The van der Waals surface area contributed by atoms with Crippen LogP contribution in [0.3, 0.4) is 0 Å². The van der Waals surface area contributed by atoms with Gasteiger partial charge in [-0.05, 0) is 42.5 Å². The third-order valence-corrected chi connectivity index (χ3v) is 4.65. The number of thiocarbonyl (C=S) groups is 1. The third kappa shape index (κ3) is 5.06. The Labute approximate surface area is 179 Å². The summed E-state index contributed by atoms with van der Waals surface area (Å²) in [6.07, 6.45) is 0. The molecule has 0 aliphatic rings. The minimum atomic E-state index is -0.529.